The fourth-order valence-electron chi connectivity index (χ4n) is 3.96. The van der Waals surface area contributed by atoms with Crippen LogP contribution >= 0.6 is 12.6 Å². The number of rotatable bonds is 11. The van der Waals surface area contributed by atoms with Crippen LogP contribution in [0.3, 0.4) is 0 Å². The third kappa shape index (κ3) is 9.43. The molecular formula is C29H41N3O4S. The molecule has 0 fully saturated rings. The van der Waals surface area contributed by atoms with Gasteiger partial charge in [-0.1, -0.05) is 67.8 Å². The summed E-state index contributed by atoms with van der Waals surface area (Å²) >= 11 is 4.34. The fraction of sp³-hybridized carbons (Fsp3) is 0.483. The molecule has 0 radical (unpaired) electrons. The predicted molar refractivity (Wildman–Crippen MR) is 152 cm³/mol. The highest BCUT2D eigenvalue weighted by Crippen LogP contribution is 2.27. The number of amides is 3. The highest BCUT2D eigenvalue weighted by Gasteiger charge is 2.36. The zero-order valence-electron chi connectivity index (χ0n) is 22.8. The van der Waals surface area contributed by atoms with Crippen molar-refractivity contribution < 1.29 is 19.1 Å². The van der Waals surface area contributed by atoms with Crippen LogP contribution in [0.25, 0.3) is 0 Å². The number of nitrogens with zero attached hydrogens (tertiary/aromatic N) is 1. The minimum Gasteiger partial charge on any atom is -0.444 e. The largest absolute Gasteiger partial charge is 0.444 e. The van der Waals surface area contributed by atoms with Crippen molar-refractivity contribution in [3.8, 4) is 0 Å². The molecule has 0 saturated carbocycles. The van der Waals surface area contributed by atoms with Crippen molar-refractivity contribution >= 4 is 36.2 Å². The maximum Gasteiger partial charge on any atom is 0.408 e. The van der Waals surface area contributed by atoms with E-state index < -0.39 is 23.8 Å². The minimum absolute atomic E-state index is 0.0578. The van der Waals surface area contributed by atoms with Crippen LogP contribution in [-0.2, 0) is 14.3 Å². The molecule has 7 nitrogen and oxygen atoms in total. The molecule has 0 bridgehead atoms. The van der Waals surface area contributed by atoms with Gasteiger partial charge < -0.3 is 20.3 Å². The number of aryl methyl sites for hydroxylation is 2. The second-order valence-corrected chi connectivity index (χ2v) is 10.6. The molecule has 2 atom stereocenters. The van der Waals surface area contributed by atoms with Gasteiger partial charge in [-0.15, -0.1) is 0 Å². The summed E-state index contributed by atoms with van der Waals surface area (Å²) < 4.78 is 5.36. The van der Waals surface area contributed by atoms with E-state index in [1.54, 1.807) is 25.7 Å². The fourth-order valence-corrected chi connectivity index (χ4v) is 4.21. The second kappa shape index (κ2) is 14.1. The van der Waals surface area contributed by atoms with Crippen LogP contribution in [0.5, 0.6) is 0 Å². The lowest BCUT2D eigenvalue weighted by atomic mass is 10.00. The van der Waals surface area contributed by atoms with Crippen LogP contribution < -0.4 is 10.6 Å². The third-order valence-corrected chi connectivity index (χ3v) is 6.14. The summed E-state index contributed by atoms with van der Waals surface area (Å²) in [5, 5.41) is 5.67. The molecule has 2 rings (SSSR count). The molecule has 0 aromatic heterocycles. The van der Waals surface area contributed by atoms with E-state index in [9.17, 15) is 14.4 Å². The summed E-state index contributed by atoms with van der Waals surface area (Å²) in [4.78, 5) is 41.8. The van der Waals surface area contributed by atoms with Gasteiger partial charge in [-0.2, -0.15) is 12.6 Å². The van der Waals surface area contributed by atoms with Crippen LogP contribution in [0.4, 0.5) is 10.5 Å². The van der Waals surface area contributed by atoms with Gasteiger partial charge in [0.1, 0.15) is 17.7 Å². The highest BCUT2D eigenvalue weighted by atomic mass is 32.1. The summed E-state index contributed by atoms with van der Waals surface area (Å²) in [5.74, 6) is -0.647. The number of carbonyl (C=O) groups excluding carboxylic acids is 3. The van der Waals surface area contributed by atoms with Gasteiger partial charge >= 0.3 is 6.09 Å². The predicted octanol–water partition coefficient (Wildman–Crippen LogP) is 5.83. The van der Waals surface area contributed by atoms with Crippen molar-refractivity contribution in [1.82, 2.24) is 10.2 Å². The monoisotopic (exact) mass is 527 g/mol. The maximum absolute atomic E-state index is 13.9. The topological polar surface area (TPSA) is 87.7 Å². The lowest BCUT2D eigenvalue weighted by Crippen LogP contribution is -2.53. The summed E-state index contributed by atoms with van der Waals surface area (Å²) in [6.07, 6.45) is 1.87. The average Bonchev–Trinajstić information content (AvgIpc) is 2.82. The van der Waals surface area contributed by atoms with E-state index in [-0.39, 0.29) is 17.6 Å². The molecular weight excluding hydrogens is 486 g/mol. The van der Waals surface area contributed by atoms with E-state index in [2.05, 4.69) is 30.2 Å². The van der Waals surface area contributed by atoms with Crippen molar-refractivity contribution in [3.63, 3.8) is 0 Å². The van der Waals surface area contributed by atoms with Crippen molar-refractivity contribution in [2.24, 2.45) is 0 Å². The summed E-state index contributed by atoms with van der Waals surface area (Å²) in [5.41, 5.74) is 2.56. The molecule has 2 N–H and O–H groups in total. The van der Waals surface area contributed by atoms with Gasteiger partial charge in [-0.25, -0.2) is 4.79 Å². The Kier molecular flexibility index (Phi) is 11.5. The average molecular weight is 528 g/mol. The Morgan fingerprint density at radius 3 is 2.32 bits per heavy atom. The summed E-state index contributed by atoms with van der Waals surface area (Å²) in [6, 6.07) is 13.3. The van der Waals surface area contributed by atoms with Gasteiger partial charge in [0.05, 0.1) is 0 Å². The Labute approximate surface area is 226 Å². The number of benzene rings is 2. The van der Waals surface area contributed by atoms with Crippen LogP contribution in [0.15, 0.2) is 48.5 Å². The zero-order valence-corrected chi connectivity index (χ0v) is 23.7. The molecule has 2 unspecified atom stereocenters. The first-order chi connectivity index (χ1) is 17.5. The molecule has 202 valence electrons. The molecule has 0 saturated heterocycles. The molecule has 0 spiro atoms. The van der Waals surface area contributed by atoms with E-state index in [4.69, 9.17) is 4.74 Å². The van der Waals surface area contributed by atoms with Crippen LogP contribution in [0.2, 0.25) is 0 Å². The summed E-state index contributed by atoms with van der Waals surface area (Å²) in [6.45, 7) is 11.6. The van der Waals surface area contributed by atoms with Crippen LogP contribution in [0, 0.1) is 13.8 Å². The molecule has 2 aromatic rings. The first kappa shape index (κ1) is 30.2. The molecule has 0 aliphatic heterocycles. The molecule has 2 aromatic carbocycles. The van der Waals surface area contributed by atoms with E-state index in [0.29, 0.717) is 24.2 Å². The molecule has 8 heteroatoms. The molecule has 0 aliphatic rings. The van der Waals surface area contributed by atoms with E-state index in [0.717, 1.165) is 24.0 Å². The number of hydrogen-bond donors (Lipinski definition) is 3. The molecule has 3 amide bonds. The molecule has 37 heavy (non-hydrogen) atoms. The SMILES string of the molecule is CCCCCN(C(=O)C(CS)NC(=O)OC(C)(C)C)C(C(=O)Nc1ccccc1C)c1cccc(C)c1. The van der Waals surface area contributed by atoms with Gasteiger partial charge in [-0.3, -0.25) is 9.59 Å². The quantitative estimate of drug-likeness (QED) is 0.254. The Morgan fingerprint density at radius 1 is 1.03 bits per heavy atom. The number of alkyl carbamates (subject to hydrolysis) is 1. The van der Waals surface area contributed by atoms with Gasteiger partial charge in [0.15, 0.2) is 0 Å². The number of thiol groups is 1. The van der Waals surface area contributed by atoms with Crippen LogP contribution in [-0.4, -0.2) is 46.7 Å². The Bertz CT molecular complexity index is 1070. The lowest BCUT2D eigenvalue weighted by Gasteiger charge is -2.34. The van der Waals surface area contributed by atoms with Crippen molar-refractivity contribution in [3.05, 3.63) is 65.2 Å². The summed E-state index contributed by atoms with van der Waals surface area (Å²) in [7, 11) is 0. The number of para-hydroxylation sites is 1. The first-order valence-corrected chi connectivity index (χ1v) is 13.4. The van der Waals surface area contributed by atoms with Crippen LogP contribution in [0.1, 0.15) is 69.7 Å². The second-order valence-electron chi connectivity index (χ2n) is 10.2. The van der Waals surface area contributed by atoms with Gasteiger partial charge in [0.2, 0.25) is 5.91 Å². The van der Waals surface area contributed by atoms with Crippen molar-refractivity contribution in [2.45, 2.75) is 78.5 Å². The lowest BCUT2D eigenvalue weighted by molar-refractivity contribution is -0.140. The van der Waals surface area contributed by atoms with Gasteiger partial charge in [0.25, 0.3) is 5.91 Å². The van der Waals surface area contributed by atoms with Gasteiger partial charge in [-0.05, 0) is 58.2 Å². The van der Waals surface area contributed by atoms with Gasteiger partial charge in [0, 0.05) is 18.0 Å². The van der Waals surface area contributed by atoms with E-state index in [1.807, 2.05) is 62.4 Å². The zero-order chi connectivity index (χ0) is 27.6. The maximum atomic E-state index is 13.9. The smallest absolute Gasteiger partial charge is 0.408 e. The number of anilines is 1. The van der Waals surface area contributed by atoms with Crippen molar-refractivity contribution in [2.75, 3.05) is 17.6 Å². The molecule has 0 heterocycles. The number of ether oxygens (including phenoxy) is 1. The Morgan fingerprint density at radius 2 is 1.73 bits per heavy atom. The molecule has 0 aliphatic carbocycles. The standard InChI is InChI=1S/C29H41N3O4S/c1-7-8-11-17-32(27(34)24(19-37)31-28(35)36-29(4,5)6)25(22-15-12-13-20(2)18-22)26(33)30-23-16-10-9-14-21(23)3/h9-10,12-16,18,24-25,37H,7-8,11,17,19H2,1-6H3,(H,30,33)(H,31,35). The minimum atomic E-state index is -0.960. The third-order valence-electron chi connectivity index (χ3n) is 5.78. The Hall–Kier alpha value is -3.00. The van der Waals surface area contributed by atoms with E-state index >= 15 is 0 Å². The highest BCUT2D eigenvalue weighted by molar-refractivity contribution is 7.80. The number of nitrogens with one attached hydrogen (secondary N) is 2. The van der Waals surface area contributed by atoms with Crippen molar-refractivity contribution in [1.29, 1.82) is 0 Å². The normalized spacial score (nSPS) is 12.8. The Balaban J connectivity index is 2.48. The number of unbranched alkanes of at least 4 members (excludes halogenated alkanes) is 2. The first-order valence-electron chi connectivity index (χ1n) is 12.8. The van der Waals surface area contributed by atoms with E-state index in [1.165, 1.54) is 0 Å². The number of hydrogen-bond acceptors (Lipinski definition) is 5. The number of carbonyl (C=O) groups is 3.